The van der Waals surface area contributed by atoms with Crippen molar-refractivity contribution in [3.05, 3.63) is 18.2 Å². The van der Waals surface area contributed by atoms with Crippen LogP contribution < -0.4 is 0 Å². The Labute approximate surface area is 84.2 Å². The van der Waals surface area contributed by atoms with Gasteiger partial charge in [-0.3, -0.25) is 4.90 Å². The van der Waals surface area contributed by atoms with Crippen LogP contribution in [0.4, 0.5) is 0 Å². The van der Waals surface area contributed by atoms with Gasteiger partial charge in [0.05, 0.1) is 12.0 Å². The van der Waals surface area contributed by atoms with E-state index in [1.807, 2.05) is 24.1 Å². The predicted molar refractivity (Wildman–Crippen MR) is 53.7 cm³/mol. The lowest BCUT2D eigenvalue weighted by Crippen LogP contribution is -2.22. The van der Waals surface area contributed by atoms with Gasteiger partial charge in [0.15, 0.2) is 0 Å². The van der Waals surface area contributed by atoms with E-state index in [-0.39, 0.29) is 0 Å². The summed E-state index contributed by atoms with van der Waals surface area (Å²) in [7, 11) is 2.02. The van der Waals surface area contributed by atoms with Crippen LogP contribution in [0.5, 0.6) is 0 Å². The molecule has 1 fully saturated rings. The van der Waals surface area contributed by atoms with E-state index in [1.165, 1.54) is 5.69 Å². The number of imidazole rings is 1. The molecule has 14 heavy (non-hydrogen) atoms. The smallest absolute Gasteiger partial charge is 0.0945 e. The van der Waals surface area contributed by atoms with Crippen LogP contribution in [0.3, 0.4) is 0 Å². The molecule has 1 atom stereocenters. The number of aliphatic hydroxyl groups excluding tert-OH is 1. The predicted octanol–water partition coefficient (Wildman–Crippen LogP) is 0.234. The Hall–Kier alpha value is -0.870. The molecule has 1 aromatic heterocycles. The maximum absolute atomic E-state index is 9.02. The van der Waals surface area contributed by atoms with Gasteiger partial charge < -0.3 is 9.67 Å². The highest BCUT2D eigenvalue weighted by Gasteiger charge is 2.21. The van der Waals surface area contributed by atoms with Crippen LogP contribution in [0, 0.1) is 5.92 Å². The summed E-state index contributed by atoms with van der Waals surface area (Å²) in [5.41, 5.74) is 1.24. The quantitative estimate of drug-likeness (QED) is 0.751. The molecule has 0 amide bonds. The molecule has 2 rings (SSSR count). The molecule has 1 aliphatic heterocycles. The minimum absolute atomic E-state index is 0.321. The van der Waals surface area contributed by atoms with Gasteiger partial charge in [-0.05, 0) is 18.9 Å². The minimum Gasteiger partial charge on any atom is -0.396 e. The maximum Gasteiger partial charge on any atom is 0.0945 e. The Morgan fingerprint density at radius 2 is 2.50 bits per heavy atom. The Kier molecular flexibility index (Phi) is 2.84. The zero-order chi connectivity index (χ0) is 9.97. The second-order valence-electron chi connectivity index (χ2n) is 4.07. The number of hydrogen-bond donors (Lipinski definition) is 1. The van der Waals surface area contributed by atoms with E-state index in [1.54, 1.807) is 0 Å². The van der Waals surface area contributed by atoms with Gasteiger partial charge in [0.1, 0.15) is 0 Å². The van der Waals surface area contributed by atoms with Crippen molar-refractivity contribution in [1.82, 2.24) is 14.5 Å². The third kappa shape index (κ3) is 1.96. The second-order valence-corrected chi connectivity index (χ2v) is 4.07. The molecule has 78 valence electrons. The molecule has 0 aromatic carbocycles. The van der Waals surface area contributed by atoms with Crippen LogP contribution in [0.2, 0.25) is 0 Å². The van der Waals surface area contributed by atoms with Crippen molar-refractivity contribution < 1.29 is 5.11 Å². The van der Waals surface area contributed by atoms with Crippen molar-refractivity contribution in [2.45, 2.75) is 13.0 Å². The molecule has 1 N–H and O–H groups in total. The maximum atomic E-state index is 9.02. The number of nitrogens with zero attached hydrogens (tertiary/aromatic N) is 3. The summed E-state index contributed by atoms with van der Waals surface area (Å²) >= 11 is 0. The highest BCUT2D eigenvalue weighted by Crippen LogP contribution is 2.17. The van der Waals surface area contributed by atoms with Crippen LogP contribution in [-0.4, -0.2) is 39.3 Å². The number of likely N-dealkylation sites (tertiary alicyclic amines) is 1. The molecule has 1 aliphatic rings. The SMILES string of the molecule is Cn1cncc1CN1CCC(CO)C1. The van der Waals surface area contributed by atoms with Gasteiger partial charge in [0.25, 0.3) is 0 Å². The van der Waals surface area contributed by atoms with Gasteiger partial charge in [-0.15, -0.1) is 0 Å². The Balaban J connectivity index is 1.90. The van der Waals surface area contributed by atoms with Crippen molar-refractivity contribution in [2.24, 2.45) is 13.0 Å². The molecular formula is C10H17N3O. The average Bonchev–Trinajstić information content (AvgIpc) is 2.77. The van der Waals surface area contributed by atoms with Gasteiger partial charge in [-0.25, -0.2) is 4.98 Å². The van der Waals surface area contributed by atoms with E-state index < -0.39 is 0 Å². The molecule has 0 saturated carbocycles. The normalized spacial score (nSPS) is 23.1. The minimum atomic E-state index is 0.321. The first-order valence-corrected chi connectivity index (χ1v) is 5.08. The average molecular weight is 195 g/mol. The monoisotopic (exact) mass is 195 g/mol. The number of aryl methyl sites for hydroxylation is 1. The first-order chi connectivity index (χ1) is 6.79. The highest BCUT2D eigenvalue weighted by atomic mass is 16.3. The topological polar surface area (TPSA) is 41.3 Å². The number of rotatable bonds is 3. The number of aliphatic hydroxyl groups is 1. The zero-order valence-corrected chi connectivity index (χ0v) is 8.56. The van der Waals surface area contributed by atoms with E-state index in [4.69, 9.17) is 5.11 Å². The van der Waals surface area contributed by atoms with Crippen molar-refractivity contribution in [2.75, 3.05) is 19.7 Å². The van der Waals surface area contributed by atoms with Crippen LogP contribution >= 0.6 is 0 Å². The van der Waals surface area contributed by atoms with Crippen LogP contribution in [0.25, 0.3) is 0 Å². The Morgan fingerprint density at radius 1 is 1.64 bits per heavy atom. The fourth-order valence-electron chi connectivity index (χ4n) is 1.97. The van der Waals surface area contributed by atoms with Crippen LogP contribution in [0.15, 0.2) is 12.5 Å². The van der Waals surface area contributed by atoms with Gasteiger partial charge in [-0.2, -0.15) is 0 Å². The summed E-state index contributed by atoms with van der Waals surface area (Å²) in [4.78, 5) is 6.46. The molecule has 1 aromatic rings. The molecule has 4 heteroatoms. The summed E-state index contributed by atoms with van der Waals surface area (Å²) in [6.07, 6.45) is 4.86. The third-order valence-corrected chi connectivity index (χ3v) is 2.93. The van der Waals surface area contributed by atoms with Crippen molar-refractivity contribution in [3.8, 4) is 0 Å². The largest absolute Gasteiger partial charge is 0.396 e. The van der Waals surface area contributed by atoms with Crippen LogP contribution in [-0.2, 0) is 13.6 Å². The van der Waals surface area contributed by atoms with E-state index in [0.29, 0.717) is 12.5 Å². The molecule has 1 unspecified atom stereocenters. The van der Waals surface area contributed by atoms with Gasteiger partial charge >= 0.3 is 0 Å². The summed E-state index contributed by atoms with van der Waals surface area (Å²) in [5.74, 6) is 0.475. The van der Waals surface area contributed by atoms with Gasteiger partial charge in [0, 0.05) is 32.9 Å². The van der Waals surface area contributed by atoms with Crippen molar-refractivity contribution in [3.63, 3.8) is 0 Å². The fourth-order valence-corrected chi connectivity index (χ4v) is 1.97. The molecule has 1 saturated heterocycles. The Morgan fingerprint density at radius 3 is 3.07 bits per heavy atom. The summed E-state index contributed by atoms with van der Waals surface area (Å²) < 4.78 is 2.05. The molecule has 0 radical (unpaired) electrons. The fraction of sp³-hybridized carbons (Fsp3) is 0.700. The van der Waals surface area contributed by atoms with Gasteiger partial charge in [0.2, 0.25) is 0 Å². The molecule has 2 heterocycles. The van der Waals surface area contributed by atoms with Crippen molar-refractivity contribution in [1.29, 1.82) is 0 Å². The van der Waals surface area contributed by atoms with E-state index in [9.17, 15) is 0 Å². The first-order valence-electron chi connectivity index (χ1n) is 5.08. The highest BCUT2D eigenvalue weighted by molar-refractivity contribution is 4.98. The molecule has 4 nitrogen and oxygen atoms in total. The third-order valence-electron chi connectivity index (χ3n) is 2.93. The molecule has 0 aliphatic carbocycles. The summed E-state index contributed by atoms with van der Waals surface area (Å²) in [5, 5.41) is 9.02. The number of aromatic nitrogens is 2. The van der Waals surface area contributed by atoms with Crippen LogP contribution in [0.1, 0.15) is 12.1 Å². The van der Waals surface area contributed by atoms with Crippen molar-refractivity contribution >= 4 is 0 Å². The van der Waals surface area contributed by atoms with E-state index >= 15 is 0 Å². The second kappa shape index (κ2) is 4.11. The lowest BCUT2D eigenvalue weighted by atomic mass is 10.1. The zero-order valence-electron chi connectivity index (χ0n) is 8.56. The summed E-state index contributed by atoms with van der Waals surface area (Å²) in [6, 6.07) is 0. The molecular weight excluding hydrogens is 178 g/mol. The summed E-state index contributed by atoms with van der Waals surface area (Å²) in [6.45, 7) is 3.38. The Bertz CT molecular complexity index is 297. The van der Waals surface area contributed by atoms with Gasteiger partial charge in [-0.1, -0.05) is 0 Å². The lowest BCUT2D eigenvalue weighted by molar-refractivity contribution is 0.219. The lowest BCUT2D eigenvalue weighted by Gasteiger charge is -2.15. The van der Waals surface area contributed by atoms with E-state index in [2.05, 4.69) is 9.88 Å². The first kappa shape index (κ1) is 9.68. The molecule has 0 bridgehead atoms. The standard InChI is InChI=1S/C10H17N3O/c1-12-8-11-4-10(12)6-13-3-2-9(5-13)7-14/h4,8-9,14H,2-3,5-7H2,1H3. The number of hydrogen-bond acceptors (Lipinski definition) is 3. The molecule has 0 spiro atoms. The van der Waals surface area contributed by atoms with E-state index in [0.717, 1.165) is 26.1 Å².